The lowest BCUT2D eigenvalue weighted by atomic mass is 9.89. The molecule has 0 radical (unpaired) electrons. The summed E-state index contributed by atoms with van der Waals surface area (Å²) in [5, 5.41) is 21.6. The molecule has 6 heteroatoms. The largest absolute Gasteiger partial charge is 0.456 e. The molecule has 0 aromatic carbocycles. The van der Waals surface area contributed by atoms with Gasteiger partial charge in [0.15, 0.2) is 0 Å². The Balaban J connectivity index is 1.43. The van der Waals surface area contributed by atoms with E-state index in [4.69, 9.17) is 14.2 Å². The molecule has 36 heavy (non-hydrogen) atoms. The normalized spacial score (nSPS) is 37.4. The summed E-state index contributed by atoms with van der Waals surface area (Å²) in [6.45, 7) is 6.29. The molecule has 198 valence electrons. The lowest BCUT2D eigenvalue weighted by Crippen LogP contribution is -2.32. The number of allylic oxidation sites excluding steroid dienone is 3. The molecule has 2 unspecified atom stereocenters. The number of carbonyl (C=O) groups is 1. The van der Waals surface area contributed by atoms with E-state index in [2.05, 4.69) is 25.7 Å². The molecule has 2 N–H and O–H groups in total. The third-order valence-corrected chi connectivity index (χ3v) is 7.60. The Kier molecular flexibility index (Phi) is 9.77. The van der Waals surface area contributed by atoms with E-state index in [0.29, 0.717) is 25.2 Å². The fraction of sp³-hybridized carbons (Fsp3) is 0.633. The van der Waals surface area contributed by atoms with Gasteiger partial charge in [-0.1, -0.05) is 54.2 Å². The Bertz CT molecular complexity index is 886. The van der Waals surface area contributed by atoms with Crippen LogP contribution in [-0.2, 0) is 19.0 Å². The first kappa shape index (κ1) is 27.1. The fourth-order valence-electron chi connectivity index (χ4n) is 5.50. The maximum Gasteiger partial charge on any atom is 0.330 e. The van der Waals surface area contributed by atoms with Crippen LogP contribution in [-0.4, -0.2) is 58.9 Å². The number of hydrogen-bond acceptors (Lipinski definition) is 6. The molecule has 6 nitrogen and oxygen atoms in total. The molecule has 4 aliphatic rings. The quantitative estimate of drug-likeness (QED) is 0.328. The first-order chi connectivity index (χ1) is 17.4. The van der Waals surface area contributed by atoms with Gasteiger partial charge < -0.3 is 24.4 Å². The Morgan fingerprint density at radius 2 is 2.03 bits per heavy atom. The monoisotopic (exact) mass is 498 g/mol. The van der Waals surface area contributed by atoms with E-state index in [-0.39, 0.29) is 24.4 Å². The molecule has 2 bridgehead atoms. The average Bonchev–Trinajstić information content (AvgIpc) is 3.61. The molecule has 0 aromatic heterocycles. The van der Waals surface area contributed by atoms with Gasteiger partial charge in [0.1, 0.15) is 18.3 Å². The van der Waals surface area contributed by atoms with E-state index in [9.17, 15) is 15.0 Å². The third kappa shape index (κ3) is 8.27. The van der Waals surface area contributed by atoms with Crippen molar-refractivity contribution in [3.05, 3.63) is 60.3 Å². The van der Waals surface area contributed by atoms with Gasteiger partial charge in [-0.15, -0.1) is 0 Å². The molecule has 0 spiro atoms. The van der Waals surface area contributed by atoms with E-state index < -0.39 is 24.3 Å². The SMILES string of the molecule is C=C1CCC[C@@H]2CC=C[C@@H](CC=CC(=O)OC([C@@H](O)C=CC3CCC=C(C)C3)C[C@@H]3O[C@H]3[C@@H](O)C1)O2. The van der Waals surface area contributed by atoms with Gasteiger partial charge in [0.05, 0.1) is 24.4 Å². The second kappa shape index (κ2) is 13.0. The molecule has 3 aliphatic heterocycles. The van der Waals surface area contributed by atoms with E-state index in [1.54, 1.807) is 12.2 Å². The maximum absolute atomic E-state index is 12.6. The number of hydrogen-bond donors (Lipinski definition) is 2. The van der Waals surface area contributed by atoms with Gasteiger partial charge in [-0.3, -0.25) is 0 Å². The van der Waals surface area contributed by atoms with Crippen LogP contribution < -0.4 is 0 Å². The van der Waals surface area contributed by atoms with Crippen molar-refractivity contribution in [1.29, 1.82) is 0 Å². The number of epoxide rings is 1. The minimum atomic E-state index is -0.943. The minimum Gasteiger partial charge on any atom is -0.456 e. The number of carbonyl (C=O) groups excluding carboxylic acids is 1. The standard InChI is InChI=1S/C30H42O6/c1-20-7-3-9-22(17-20)15-16-25(31)27-19-28-30(36-28)26(32)18-21(2)8-4-10-23-11-5-12-24(34-23)13-6-14-29(33)35-27/h5-7,12,14-16,22-28,30-32H,2-4,8-11,13,17-19H2,1H3/t22?,23-,24+,25+,26+,27?,28+,30+/m1/s1. The zero-order valence-electron chi connectivity index (χ0n) is 21.5. The van der Waals surface area contributed by atoms with E-state index >= 15 is 0 Å². The molecule has 8 atom stereocenters. The van der Waals surface area contributed by atoms with Gasteiger partial charge in [0.2, 0.25) is 0 Å². The highest BCUT2D eigenvalue weighted by Gasteiger charge is 2.46. The Morgan fingerprint density at radius 3 is 2.86 bits per heavy atom. The van der Waals surface area contributed by atoms with Crippen molar-refractivity contribution in [2.24, 2.45) is 5.92 Å². The molecular formula is C30H42O6. The lowest BCUT2D eigenvalue weighted by Gasteiger charge is -2.25. The minimum absolute atomic E-state index is 0.0605. The zero-order chi connectivity index (χ0) is 25.5. The summed E-state index contributed by atoms with van der Waals surface area (Å²) in [5.41, 5.74) is 2.37. The van der Waals surface area contributed by atoms with Crippen LogP contribution in [0.25, 0.3) is 0 Å². The summed E-state index contributed by atoms with van der Waals surface area (Å²) in [7, 11) is 0. The van der Waals surface area contributed by atoms with Gasteiger partial charge in [0, 0.05) is 12.5 Å². The van der Waals surface area contributed by atoms with Crippen LogP contribution >= 0.6 is 0 Å². The van der Waals surface area contributed by atoms with Crippen LogP contribution in [0.1, 0.15) is 71.1 Å². The van der Waals surface area contributed by atoms with Crippen LogP contribution in [0, 0.1) is 5.92 Å². The van der Waals surface area contributed by atoms with E-state index in [1.807, 2.05) is 12.2 Å². The van der Waals surface area contributed by atoms with Crippen molar-refractivity contribution in [3.63, 3.8) is 0 Å². The van der Waals surface area contributed by atoms with Gasteiger partial charge >= 0.3 is 5.97 Å². The number of rotatable bonds is 3. The molecule has 1 fully saturated rings. The topological polar surface area (TPSA) is 88.5 Å². The Morgan fingerprint density at radius 1 is 1.17 bits per heavy atom. The van der Waals surface area contributed by atoms with Gasteiger partial charge in [-0.25, -0.2) is 4.79 Å². The molecule has 0 saturated carbocycles. The van der Waals surface area contributed by atoms with Crippen molar-refractivity contribution in [2.75, 3.05) is 0 Å². The summed E-state index contributed by atoms with van der Waals surface area (Å²) in [5.74, 6) is -0.114. The maximum atomic E-state index is 12.6. The summed E-state index contributed by atoms with van der Waals surface area (Å²) >= 11 is 0. The number of aliphatic hydroxyl groups is 2. The lowest BCUT2D eigenvalue weighted by molar-refractivity contribution is -0.148. The Labute approximate surface area is 215 Å². The van der Waals surface area contributed by atoms with Crippen molar-refractivity contribution in [2.45, 2.75) is 114 Å². The molecule has 1 aliphatic carbocycles. The van der Waals surface area contributed by atoms with Crippen molar-refractivity contribution in [1.82, 2.24) is 0 Å². The highest BCUT2D eigenvalue weighted by Crippen LogP contribution is 2.34. The van der Waals surface area contributed by atoms with E-state index in [0.717, 1.165) is 50.5 Å². The first-order valence-electron chi connectivity index (χ1n) is 13.6. The molecule has 3 heterocycles. The van der Waals surface area contributed by atoms with Gasteiger partial charge in [-0.05, 0) is 70.6 Å². The number of cyclic esters (lactones) is 1. The summed E-state index contributed by atoms with van der Waals surface area (Å²) < 4.78 is 17.6. The second-order valence-corrected chi connectivity index (χ2v) is 10.8. The summed E-state index contributed by atoms with van der Waals surface area (Å²) in [4.78, 5) is 12.6. The van der Waals surface area contributed by atoms with Crippen molar-refractivity contribution < 1.29 is 29.2 Å². The van der Waals surface area contributed by atoms with Gasteiger partial charge in [-0.2, -0.15) is 0 Å². The number of aliphatic hydroxyl groups excluding tert-OH is 2. The summed E-state index contributed by atoms with van der Waals surface area (Å²) in [6.07, 6.45) is 18.8. The molecular weight excluding hydrogens is 456 g/mol. The number of fused-ring (bicyclic) bond motifs is 3. The second-order valence-electron chi connectivity index (χ2n) is 10.8. The van der Waals surface area contributed by atoms with Crippen LogP contribution in [0.4, 0.5) is 0 Å². The molecule has 0 aromatic rings. The summed E-state index contributed by atoms with van der Waals surface area (Å²) in [6, 6.07) is 0. The number of ether oxygens (including phenoxy) is 3. The van der Waals surface area contributed by atoms with Crippen LogP contribution in [0.3, 0.4) is 0 Å². The predicted octanol–water partition coefficient (Wildman–Crippen LogP) is 4.87. The fourth-order valence-corrected chi connectivity index (χ4v) is 5.50. The van der Waals surface area contributed by atoms with Crippen LogP contribution in [0.15, 0.2) is 60.3 Å². The van der Waals surface area contributed by atoms with Gasteiger partial charge in [0.25, 0.3) is 0 Å². The first-order valence-corrected chi connectivity index (χ1v) is 13.6. The van der Waals surface area contributed by atoms with Crippen molar-refractivity contribution in [3.8, 4) is 0 Å². The van der Waals surface area contributed by atoms with Crippen LogP contribution in [0.2, 0.25) is 0 Å². The highest BCUT2D eigenvalue weighted by atomic mass is 16.6. The molecule has 4 rings (SSSR count). The zero-order valence-corrected chi connectivity index (χ0v) is 21.5. The van der Waals surface area contributed by atoms with Crippen LogP contribution in [0.5, 0.6) is 0 Å². The number of esters is 1. The predicted molar refractivity (Wildman–Crippen MR) is 139 cm³/mol. The third-order valence-electron chi connectivity index (χ3n) is 7.60. The average molecular weight is 499 g/mol. The molecule has 0 amide bonds. The smallest absolute Gasteiger partial charge is 0.330 e. The molecule has 1 saturated heterocycles. The highest BCUT2D eigenvalue weighted by molar-refractivity contribution is 5.82. The van der Waals surface area contributed by atoms with E-state index in [1.165, 1.54) is 11.6 Å². The van der Waals surface area contributed by atoms with Crippen molar-refractivity contribution >= 4 is 5.97 Å². The Hall–Kier alpha value is -1.99.